The molecule has 0 aromatic heterocycles. The van der Waals surface area contributed by atoms with Gasteiger partial charge in [0.1, 0.15) is 0 Å². The van der Waals surface area contributed by atoms with E-state index in [1.54, 1.807) is 0 Å². The van der Waals surface area contributed by atoms with Crippen LogP contribution in [0.15, 0.2) is 0 Å². The van der Waals surface area contributed by atoms with Crippen LogP contribution in [0.2, 0.25) is 0 Å². The molecule has 0 spiro atoms. The van der Waals surface area contributed by atoms with Crippen molar-refractivity contribution in [2.24, 2.45) is 5.92 Å². The second kappa shape index (κ2) is 6.24. The third-order valence-corrected chi connectivity index (χ3v) is 2.33. The molecule has 0 aliphatic heterocycles. The predicted octanol–water partition coefficient (Wildman–Crippen LogP) is 2.55. The Hall–Kier alpha value is -0.290. The molecule has 5 heteroatoms. The monoisotopic (exact) mass is 213 g/mol. The van der Waals surface area contributed by atoms with Gasteiger partial charge in [-0.3, -0.25) is 4.74 Å². The Labute approximate surface area is 82.8 Å². The van der Waals surface area contributed by atoms with Gasteiger partial charge < -0.3 is 5.32 Å². The summed E-state index contributed by atoms with van der Waals surface area (Å²) in [7, 11) is 0. The van der Waals surface area contributed by atoms with Crippen LogP contribution in [0.5, 0.6) is 0 Å². The zero-order valence-corrected chi connectivity index (χ0v) is 8.82. The van der Waals surface area contributed by atoms with E-state index in [-0.39, 0.29) is 19.2 Å². The predicted molar refractivity (Wildman–Crippen MR) is 48.9 cm³/mol. The number of halogens is 3. The first kappa shape index (κ1) is 13.7. The first-order valence-corrected chi connectivity index (χ1v) is 4.81. The van der Waals surface area contributed by atoms with E-state index in [0.717, 1.165) is 6.42 Å². The summed E-state index contributed by atoms with van der Waals surface area (Å²) in [6, 6.07) is 0.219. The maximum absolute atomic E-state index is 11.6. The van der Waals surface area contributed by atoms with Crippen molar-refractivity contribution in [2.75, 3.05) is 13.2 Å². The van der Waals surface area contributed by atoms with Crippen LogP contribution in [0.25, 0.3) is 0 Å². The van der Waals surface area contributed by atoms with Crippen molar-refractivity contribution >= 4 is 0 Å². The number of nitrogens with one attached hydrogen (secondary N) is 1. The molecule has 0 aliphatic rings. The van der Waals surface area contributed by atoms with Gasteiger partial charge in [0.2, 0.25) is 0 Å². The van der Waals surface area contributed by atoms with E-state index in [9.17, 15) is 13.2 Å². The highest BCUT2D eigenvalue weighted by Gasteiger charge is 2.28. The van der Waals surface area contributed by atoms with Gasteiger partial charge >= 0.3 is 6.36 Å². The molecule has 0 saturated carbocycles. The Bertz CT molecular complexity index is 149. The lowest BCUT2D eigenvalue weighted by atomic mass is 10.0. The molecular formula is C9H18F3NO. The summed E-state index contributed by atoms with van der Waals surface area (Å²) in [5.74, 6) is 0.459. The van der Waals surface area contributed by atoms with Gasteiger partial charge in [0.25, 0.3) is 0 Å². The third kappa shape index (κ3) is 7.15. The fraction of sp³-hybridized carbons (Fsp3) is 1.00. The average molecular weight is 213 g/mol. The highest BCUT2D eigenvalue weighted by Crippen LogP contribution is 2.15. The molecule has 0 fully saturated rings. The second-order valence-electron chi connectivity index (χ2n) is 3.42. The van der Waals surface area contributed by atoms with Crippen molar-refractivity contribution in [3.63, 3.8) is 0 Å². The molecule has 0 bridgehead atoms. The average Bonchev–Trinajstić information content (AvgIpc) is 2.09. The van der Waals surface area contributed by atoms with Gasteiger partial charge in [-0.2, -0.15) is 0 Å². The van der Waals surface area contributed by atoms with Crippen LogP contribution in [0.3, 0.4) is 0 Å². The minimum absolute atomic E-state index is 0.219. The third-order valence-electron chi connectivity index (χ3n) is 2.33. The highest BCUT2D eigenvalue weighted by atomic mass is 19.4. The van der Waals surface area contributed by atoms with E-state index >= 15 is 0 Å². The van der Waals surface area contributed by atoms with E-state index < -0.39 is 6.36 Å². The molecule has 0 aliphatic carbocycles. The van der Waals surface area contributed by atoms with Crippen LogP contribution in [0.4, 0.5) is 13.2 Å². The van der Waals surface area contributed by atoms with Crippen LogP contribution in [0, 0.1) is 5.92 Å². The molecule has 1 N–H and O–H groups in total. The number of alkyl halides is 3. The van der Waals surface area contributed by atoms with E-state index in [1.165, 1.54) is 0 Å². The van der Waals surface area contributed by atoms with Crippen LogP contribution < -0.4 is 5.32 Å². The number of hydrogen-bond acceptors (Lipinski definition) is 2. The second-order valence-corrected chi connectivity index (χ2v) is 3.42. The quantitative estimate of drug-likeness (QED) is 0.684. The summed E-state index contributed by atoms with van der Waals surface area (Å²) >= 11 is 0. The van der Waals surface area contributed by atoms with Crippen molar-refractivity contribution < 1.29 is 17.9 Å². The smallest absolute Gasteiger partial charge is 0.312 e. The van der Waals surface area contributed by atoms with E-state index in [2.05, 4.69) is 23.9 Å². The van der Waals surface area contributed by atoms with Crippen molar-refractivity contribution in [3.05, 3.63) is 0 Å². The van der Waals surface area contributed by atoms with Crippen molar-refractivity contribution in [1.82, 2.24) is 5.32 Å². The Morgan fingerprint density at radius 1 is 1.29 bits per heavy atom. The van der Waals surface area contributed by atoms with Gasteiger partial charge in [-0.1, -0.05) is 20.3 Å². The van der Waals surface area contributed by atoms with Crippen LogP contribution in [-0.4, -0.2) is 25.6 Å². The molecule has 0 radical (unpaired) electrons. The fourth-order valence-electron chi connectivity index (χ4n) is 1.01. The normalized spacial score (nSPS) is 16.7. The van der Waals surface area contributed by atoms with E-state index in [4.69, 9.17) is 0 Å². The zero-order valence-electron chi connectivity index (χ0n) is 8.82. The summed E-state index contributed by atoms with van der Waals surface area (Å²) in [4.78, 5) is 0. The molecule has 0 rings (SSSR count). The van der Waals surface area contributed by atoms with Gasteiger partial charge in [0.15, 0.2) is 0 Å². The Morgan fingerprint density at radius 3 is 2.29 bits per heavy atom. The molecule has 0 amide bonds. The molecule has 2 unspecified atom stereocenters. The SMILES string of the molecule is CCC(C)C(C)NCCOC(F)(F)F. The van der Waals surface area contributed by atoms with Gasteiger partial charge in [-0.25, -0.2) is 0 Å². The van der Waals surface area contributed by atoms with Crippen LogP contribution in [0.1, 0.15) is 27.2 Å². The molecular weight excluding hydrogens is 195 g/mol. The van der Waals surface area contributed by atoms with Gasteiger partial charge in [-0.05, 0) is 12.8 Å². The molecule has 0 aromatic carbocycles. The molecule has 0 aromatic rings. The minimum Gasteiger partial charge on any atom is -0.312 e. The molecule has 86 valence electrons. The standard InChI is InChI=1S/C9H18F3NO/c1-4-7(2)8(3)13-5-6-14-9(10,11)12/h7-8,13H,4-6H2,1-3H3. The van der Waals surface area contributed by atoms with Gasteiger partial charge in [-0.15, -0.1) is 13.2 Å². The van der Waals surface area contributed by atoms with E-state index in [1.807, 2.05) is 6.92 Å². The van der Waals surface area contributed by atoms with Gasteiger partial charge in [0.05, 0.1) is 6.61 Å². The first-order valence-electron chi connectivity index (χ1n) is 4.81. The maximum atomic E-state index is 11.6. The molecule has 2 nitrogen and oxygen atoms in total. The lowest BCUT2D eigenvalue weighted by Gasteiger charge is -2.19. The highest BCUT2D eigenvalue weighted by molar-refractivity contribution is 4.66. The molecule has 2 atom stereocenters. The number of ether oxygens (including phenoxy) is 1. The van der Waals surface area contributed by atoms with Crippen molar-refractivity contribution in [1.29, 1.82) is 0 Å². The van der Waals surface area contributed by atoms with Crippen LogP contribution >= 0.6 is 0 Å². The summed E-state index contributed by atoms with van der Waals surface area (Å²) in [6.07, 6.45) is -3.50. The summed E-state index contributed by atoms with van der Waals surface area (Å²) in [5, 5.41) is 2.98. The summed E-state index contributed by atoms with van der Waals surface area (Å²) < 4.78 is 38.3. The fourth-order valence-corrected chi connectivity index (χ4v) is 1.01. The molecule has 14 heavy (non-hydrogen) atoms. The first-order chi connectivity index (χ1) is 6.37. The lowest BCUT2D eigenvalue weighted by Crippen LogP contribution is -2.35. The number of rotatable bonds is 6. The van der Waals surface area contributed by atoms with Gasteiger partial charge in [0, 0.05) is 12.6 Å². The maximum Gasteiger partial charge on any atom is 0.522 e. The summed E-state index contributed by atoms with van der Waals surface area (Å²) in [5.41, 5.74) is 0. The van der Waals surface area contributed by atoms with Crippen molar-refractivity contribution in [3.8, 4) is 0 Å². The van der Waals surface area contributed by atoms with Crippen LogP contribution in [-0.2, 0) is 4.74 Å². The minimum atomic E-state index is -4.51. The van der Waals surface area contributed by atoms with Crippen molar-refractivity contribution in [2.45, 2.75) is 39.6 Å². The molecule has 0 saturated heterocycles. The topological polar surface area (TPSA) is 21.3 Å². The number of hydrogen-bond donors (Lipinski definition) is 1. The largest absolute Gasteiger partial charge is 0.522 e. The van der Waals surface area contributed by atoms with E-state index in [0.29, 0.717) is 5.92 Å². The molecule has 0 heterocycles. The zero-order chi connectivity index (χ0) is 11.2. The summed E-state index contributed by atoms with van der Waals surface area (Å²) in [6.45, 7) is 5.97. The Morgan fingerprint density at radius 2 is 1.86 bits per heavy atom. The Kier molecular flexibility index (Phi) is 6.11. The Balaban J connectivity index is 3.45. The lowest BCUT2D eigenvalue weighted by molar-refractivity contribution is -0.323.